The summed E-state index contributed by atoms with van der Waals surface area (Å²) in [7, 11) is 0. The van der Waals surface area contributed by atoms with E-state index in [1.165, 1.54) is 14.7 Å². The minimum absolute atomic E-state index is 0.310. The fourth-order valence-corrected chi connectivity index (χ4v) is 3.13. The second-order valence-corrected chi connectivity index (χ2v) is 6.78. The van der Waals surface area contributed by atoms with Gasteiger partial charge in [0.1, 0.15) is 0 Å². The Morgan fingerprint density at radius 1 is 0.947 bits per heavy atom. The van der Waals surface area contributed by atoms with E-state index in [1.54, 1.807) is 0 Å². The lowest BCUT2D eigenvalue weighted by atomic mass is 10.0. The summed E-state index contributed by atoms with van der Waals surface area (Å²) in [6.45, 7) is 4.40. The number of halogens is 2. The fraction of sp³-hybridized carbons (Fsp3) is 0.250. The molecule has 1 nitrogen and oxygen atoms in total. The van der Waals surface area contributed by atoms with Crippen LogP contribution >= 0.6 is 38.5 Å². The van der Waals surface area contributed by atoms with Crippen LogP contribution in [0.25, 0.3) is 0 Å². The quantitative estimate of drug-likeness (QED) is 0.635. The maximum absolute atomic E-state index is 3.64. The molecule has 0 aromatic heterocycles. The molecule has 0 saturated carbocycles. The summed E-state index contributed by atoms with van der Waals surface area (Å²) < 4.78 is 2.43. The molecule has 0 saturated heterocycles. The predicted octanol–water partition coefficient (Wildman–Crippen LogP) is 5.47. The lowest BCUT2D eigenvalue weighted by molar-refractivity contribution is 0.493. The molecule has 0 aliphatic heterocycles. The molecule has 0 aliphatic carbocycles. The predicted molar refractivity (Wildman–Crippen MR) is 93.3 cm³/mol. The first-order valence-electron chi connectivity index (χ1n) is 6.34. The van der Waals surface area contributed by atoms with E-state index < -0.39 is 0 Å². The van der Waals surface area contributed by atoms with Crippen molar-refractivity contribution in [2.24, 2.45) is 0 Å². The Hall–Kier alpha value is -0.390. The number of hydrogen-bond donors (Lipinski definition) is 1. The first kappa shape index (κ1) is 15.0. The molecule has 3 heteroatoms. The van der Waals surface area contributed by atoms with E-state index in [0.717, 1.165) is 4.47 Å². The maximum atomic E-state index is 3.64. The van der Waals surface area contributed by atoms with E-state index in [-0.39, 0.29) is 0 Å². The van der Waals surface area contributed by atoms with Gasteiger partial charge in [-0.25, -0.2) is 0 Å². The number of benzene rings is 2. The van der Waals surface area contributed by atoms with Gasteiger partial charge in [0.05, 0.1) is 0 Å². The van der Waals surface area contributed by atoms with Crippen LogP contribution < -0.4 is 5.32 Å². The Kier molecular flexibility index (Phi) is 5.42. The van der Waals surface area contributed by atoms with Gasteiger partial charge in [0.15, 0.2) is 0 Å². The van der Waals surface area contributed by atoms with Crippen LogP contribution in [0.4, 0.5) is 0 Å². The van der Waals surface area contributed by atoms with Crippen molar-refractivity contribution in [3.63, 3.8) is 0 Å². The zero-order chi connectivity index (χ0) is 13.8. The molecule has 2 atom stereocenters. The van der Waals surface area contributed by atoms with Crippen molar-refractivity contribution in [2.45, 2.75) is 25.9 Å². The molecule has 0 bridgehead atoms. The van der Waals surface area contributed by atoms with Crippen molar-refractivity contribution >= 4 is 38.5 Å². The van der Waals surface area contributed by atoms with Crippen LogP contribution in [0.2, 0.25) is 0 Å². The van der Waals surface area contributed by atoms with E-state index in [9.17, 15) is 0 Å². The molecule has 0 spiro atoms. The van der Waals surface area contributed by atoms with Gasteiger partial charge in [-0.1, -0.05) is 46.3 Å². The maximum Gasteiger partial charge on any atom is 0.0308 e. The van der Waals surface area contributed by atoms with Gasteiger partial charge in [0, 0.05) is 20.1 Å². The molecule has 100 valence electrons. The molecular formula is C16H17BrIN. The molecule has 19 heavy (non-hydrogen) atoms. The van der Waals surface area contributed by atoms with Crippen molar-refractivity contribution in [1.82, 2.24) is 5.32 Å². The molecule has 0 heterocycles. The van der Waals surface area contributed by atoms with E-state index >= 15 is 0 Å². The molecule has 2 aromatic carbocycles. The van der Waals surface area contributed by atoms with Crippen LogP contribution in [0.5, 0.6) is 0 Å². The molecule has 0 amide bonds. The van der Waals surface area contributed by atoms with Gasteiger partial charge < -0.3 is 5.32 Å². The first-order valence-corrected chi connectivity index (χ1v) is 8.21. The highest BCUT2D eigenvalue weighted by Crippen LogP contribution is 2.25. The Morgan fingerprint density at radius 3 is 2.21 bits per heavy atom. The number of nitrogens with one attached hydrogen (secondary N) is 1. The summed E-state index contributed by atoms with van der Waals surface area (Å²) in [6.07, 6.45) is 0. The van der Waals surface area contributed by atoms with E-state index in [0.29, 0.717) is 12.1 Å². The Labute approximate surface area is 137 Å². The summed E-state index contributed by atoms with van der Waals surface area (Å²) in [5.74, 6) is 0. The van der Waals surface area contributed by atoms with Gasteiger partial charge in [0.2, 0.25) is 0 Å². The highest BCUT2D eigenvalue weighted by Gasteiger charge is 2.12. The average Bonchev–Trinajstić information content (AvgIpc) is 2.39. The SMILES string of the molecule is CC(NC(C)c1ccccc1Br)c1ccc(I)cc1. The second-order valence-electron chi connectivity index (χ2n) is 4.68. The van der Waals surface area contributed by atoms with Gasteiger partial charge >= 0.3 is 0 Å². The zero-order valence-corrected chi connectivity index (χ0v) is 14.8. The molecule has 0 aliphatic rings. The van der Waals surface area contributed by atoms with Crippen molar-refractivity contribution in [1.29, 1.82) is 0 Å². The van der Waals surface area contributed by atoms with Crippen molar-refractivity contribution in [3.05, 3.63) is 67.7 Å². The minimum atomic E-state index is 0.310. The van der Waals surface area contributed by atoms with E-state index in [2.05, 4.69) is 100 Å². The average molecular weight is 430 g/mol. The summed E-state index contributed by atoms with van der Waals surface area (Å²) in [5.41, 5.74) is 2.61. The molecule has 2 rings (SSSR count). The van der Waals surface area contributed by atoms with Crippen LogP contribution in [0, 0.1) is 3.57 Å². The van der Waals surface area contributed by atoms with Gasteiger partial charge in [-0.15, -0.1) is 0 Å². The van der Waals surface area contributed by atoms with Crippen LogP contribution in [-0.2, 0) is 0 Å². The number of hydrogen-bond acceptors (Lipinski definition) is 1. The number of rotatable bonds is 4. The van der Waals surface area contributed by atoms with Gasteiger partial charge in [-0.2, -0.15) is 0 Å². The van der Waals surface area contributed by atoms with Crippen LogP contribution in [0.1, 0.15) is 37.1 Å². The third kappa shape index (κ3) is 4.04. The highest BCUT2D eigenvalue weighted by atomic mass is 127. The molecule has 1 N–H and O–H groups in total. The molecule has 2 aromatic rings. The normalized spacial score (nSPS) is 14.1. The summed E-state index contributed by atoms with van der Waals surface area (Å²) in [4.78, 5) is 0. The minimum Gasteiger partial charge on any atom is -0.304 e. The van der Waals surface area contributed by atoms with Gasteiger partial charge in [0.25, 0.3) is 0 Å². The molecule has 0 fully saturated rings. The van der Waals surface area contributed by atoms with Gasteiger partial charge in [-0.3, -0.25) is 0 Å². The summed E-state index contributed by atoms with van der Waals surface area (Å²) in [5, 5.41) is 3.64. The third-order valence-electron chi connectivity index (χ3n) is 3.24. The van der Waals surface area contributed by atoms with E-state index in [4.69, 9.17) is 0 Å². The molecule has 0 radical (unpaired) electrons. The largest absolute Gasteiger partial charge is 0.304 e. The van der Waals surface area contributed by atoms with Crippen LogP contribution in [0.15, 0.2) is 53.0 Å². The van der Waals surface area contributed by atoms with Crippen LogP contribution in [-0.4, -0.2) is 0 Å². The van der Waals surface area contributed by atoms with Crippen molar-refractivity contribution < 1.29 is 0 Å². The van der Waals surface area contributed by atoms with Gasteiger partial charge in [-0.05, 0) is 65.8 Å². The van der Waals surface area contributed by atoms with Crippen molar-refractivity contribution in [2.75, 3.05) is 0 Å². The highest BCUT2D eigenvalue weighted by molar-refractivity contribution is 14.1. The third-order valence-corrected chi connectivity index (χ3v) is 4.68. The standard InChI is InChI=1S/C16H17BrIN/c1-11(13-7-9-14(18)10-8-13)19-12(2)15-5-3-4-6-16(15)17/h3-12,19H,1-2H3. The first-order chi connectivity index (χ1) is 9.08. The lowest BCUT2D eigenvalue weighted by Gasteiger charge is -2.21. The fourth-order valence-electron chi connectivity index (χ4n) is 2.14. The Balaban J connectivity index is 2.08. The van der Waals surface area contributed by atoms with Crippen molar-refractivity contribution in [3.8, 4) is 0 Å². The monoisotopic (exact) mass is 429 g/mol. The Bertz CT molecular complexity index is 539. The lowest BCUT2D eigenvalue weighted by Crippen LogP contribution is -2.22. The van der Waals surface area contributed by atoms with E-state index in [1.807, 2.05) is 6.07 Å². The second kappa shape index (κ2) is 6.86. The summed E-state index contributed by atoms with van der Waals surface area (Å²) in [6, 6.07) is 17.7. The Morgan fingerprint density at radius 2 is 1.58 bits per heavy atom. The topological polar surface area (TPSA) is 12.0 Å². The van der Waals surface area contributed by atoms with Crippen LogP contribution in [0.3, 0.4) is 0 Å². The molecular weight excluding hydrogens is 413 g/mol. The zero-order valence-electron chi connectivity index (χ0n) is 11.0. The molecule has 2 unspecified atom stereocenters. The summed E-state index contributed by atoms with van der Waals surface area (Å²) >= 11 is 5.94. The smallest absolute Gasteiger partial charge is 0.0308 e.